The maximum absolute atomic E-state index is 12.2. The Bertz CT molecular complexity index is 1340. The van der Waals surface area contributed by atoms with Gasteiger partial charge in [-0.25, -0.2) is 5.43 Å². The molecule has 0 aliphatic heterocycles. The van der Waals surface area contributed by atoms with Gasteiger partial charge in [-0.1, -0.05) is 12.1 Å². The number of nitrogens with one attached hydrogen (secondary N) is 2. The second kappa shape index (κ2) is 11.7. The van der Waals surface area contributed by atoms with Crippen molar-refractivity contribution in [3.05, 3.63) is 98.1 Å². The van der Waals surface area contributed by atoms with E-state index in [2.05, 4.69) is 15.8 Å². The molecule has 0 aliphatic carbocycles. The molecule has 0 saturated carbocycles. The van der Waals surface area contributed by atoms with Gasteiger partial charge in [-0.3, -0.25) is 29.8 Å². The van der Waals surface area contributed by atoms with Crippen molar-refractivity contribution in [3.63, 3.8) is 0 Å². The minimum absolute atomic E-state index is 0.0751. The normalized spacial score (nSPS) is 10.5. The van der Waals surface area contributed by atoms with Crippen LogP contribution < -0.4 is 20.2 Å². The minimum Gasteiger partial charge on any atom is -0.493 e. The molecule has 2 N–H and O–H groups in total. The molecule has 3 aromatic carbocycles. The molecule has 0 aromatic heterocycles. The van der Waals surface area contributed by atoms with Gasteiger partial charge in [0.1, 0.15) is 0 Å². The summed E-state index contributed by atoms with van der Waals surface area (Å²) in [5.74, 6) is -0.625. The smallest absolute Gasteiger partial charge is 0.271 e. The first-order chi connectivity index (χ1) is 17.3. The van der Waals surface area contributed by atoms with Crippen molar-refractivity contribution in [3.8, 4) is 11.5 Å². The number of hydrogen-bond donors (Lipinski definition) is 2. The maximum atomic E-state index is 12.2. The molecule has 0 heterocycles. The van der Waals surface area contributed by atoms with Crippen LogP contribution in [0, 0.1) is 20.2 Å². The highest BCUT2D eigenvalue weighted by molar-refractivity contribution is 5.95. The van der Waals surface area contributed by atoms with Crippen molar-refractivity contribution in [2.45, 2.75) is 0 Å². The number of carbonyl (C=O) groups excluding carboxylic acids is 2. The number of nitro benzene ring substituents is 2. The zero-order valence-corrected chi connectivity index (χ0v) is 18.7. The third-order valence-electron chi connectivity index (χ3n) is 4.59. The fourth-order valence-corrected chi connectivity index (χ4v) is 2.91. The Hall–Kier alpha value is -5.33. The molecule has 0 fully saturated rings. The van der Waals surface area contributed by atoms with Crippen LogP contribution in [0.25, 0.3) is 0 Å². The molecule has 0 unspecified atom stereocenters. The van der Waals surface area contributed by atoms with E-state index in [0.717, 1.165) is 6.07 Å². The number of ether oxygens (including phenoxy) is 2. The first kappa shape index (κ1) is 25.3. The number of hydrazone groups is 1. The van der Waals surface area contributed by atoms with Gasteiger partial charge >= 0.3 is 0 Å². The lowest BCUT2D eigenvalue weighted by Gasteiger charge is -2.11. The molecular weight excluding hydrogens is 474 g/mol. The van der Waals surface area contributed by atoms with Gasteiger partial charge in [0.25, 0.3) is 23.2 Å². The van der Waals surface area contributed by atoms with E-state index in [9.17, 15) is 29.8 Å². The van der Waals surface area contributed by atoms with Crippen LogP contribution >= 0.6 is 0 Å². The quantitative estimate of drug-likeness (QED) is 0.246. The summed E-state index contributed by atoms with van der Waals surface area (Å²) in [5.41, 5.74) is 2.76. The average Bonchev–Trinajstić information content (AvgIpc) is 2.87. The Morgan fingerprint density at radius 2 is 1.64 bits per heavy atom. The van der Waals surface area contributed by atoms with Crippen molar-refractivity contribution in [2.24, 2.45) is 5.10 Å². The minimum atomic E-state index is -0.628. The highest BCUT2D eigenvalue weighted by Gasteiger charge is 2.12. The molecule has 0 aliphatic rings. The van der Waals surface area contributed by atoms with E-state index >= 15 is 0 Å². The average molecular weight is 493 g/mol. The van der Waals surface area contributed by atoms with Gasteiger partial charge in [-0.15, -0.1) is 0 Å². The number of rotatable bonds is 10. The van der Waals surface area contributed by atoms with E-state index < -0.39 is 21.7 Å². The van der Waals surface area contributed by atoms with E-state index in [-0.39, 0.29) is 40.7 Å². The first-order valence-electron chi connectivity index (χ1n) is 10.2. The van der Waals surface area contributed by atoms with Crippen molar-refractivity contribution >= 4 is 35.1 Å². The molecule has 13 heteroatoms. The summed E-state index contributed by atoms with van der Waals surface area (Å²) in [6.45, 7) is -0.383. The number of nitro groups is 2. The molecule has 0 bridgehead atoms. The second-order valence-electron chi connectivity index (χ2n) is 7.06. The van der Waals surface area contributed by atoms with Crippen molar-refractivity contribution in [1.29, 1.82) is 0 Å². The Balaban J connectivity index is 1.58. The molecule has 3 aromatic rings. The van der Waals surface area contributed by atoms with Crippen LogP contribution in [-0.2, 0) is 4.79 Å². The van der Waals surface area contributed by atoms with Crippen LogP contribution in [0.1, 0.15) is 15.9 Å². The van der Waals surface area contributed by atoms with Crippen LogP contribution in [0.5, 0.6) is 11.5 Å². The summed E-state index contributed by atoms with van der Waals surface area (Å²) in [7, 11) is 1.40. The number of hydrogen-bond acceptors (Lipinski definition) is 9. The molecule has 2 amide bonds. The van der Waals surface area contributed by atoms with Gasteiger partial charge in [-0.2, -0.15) is 5.10 Å². The fourth-order valence-electron chi connectivity index (χ4n) is 2.91. The van der Waals surface area contributed by atoms with Crippen LogP contribution in [0.3, 0.4) is 0 Å². The summed E-state index contributed by atoms with van der Waals surface area (Å²) < 4.78 is 10.8. The summed E-state index contributed by atoms with van der Waals surface area (Å²) in [4.78, 5) is 44.8. The van der Waals surface area contributed by atoms with Gasteiger partial charge in [0.2, 0.25) is 0 Å². The largest absolute Gasteiger partial charge is 0.493 e. The summed E-state index contributed by atoms with van der Waals surface area (Å²) in [6, 6.07) is 15.4. The third-order valence-corrected chi connectivity index (χ3v) is 4.59. The standard InChI is InChI=1S/C23H19N5O8/c1-35-21-10-15(13-24-26-23(30)16-4-2-6-18(11-16)27(31)32)8-9-20(21)36-14-22(29)25-17-5-3-7-19(12-17)28(33)34/h2-13H,14H2,1H3,(H,25,29)(H,26,30)/b24-13+. The maximum Gasteiger partial charge on any atom is 0.271 e. The lowest BCUT2D eigenvalue weighted by molar-refractivity contribution is -0.385. The number of nitrogens with zero attached hydrogens (tertiary/aromatic N) is 3. The van der Waals surface area contributed by atoms with Crippen LogP contribution in [-0.4, -0.2) is 41.6 Å². The van der Waals surface area contributed by atoms with Crippen LogP contribution in [0.2, 0.25) is 0 Å². The Labute approximate surface area is 203 Å². The molecule has 36 heavy (non-hydrogen) atoms. The first-order valence-corrected chi connectivity index (χ1v) is 10.2. The predicted octanol–water partition coefficient (Wildman–Crippen LogP) is 3.29. The van der Waals surface area contributed by atoms with Crippen LogP contribution in [0.15, 0.2) is 71.8 Å². The Morgan fingerprint density at radius 1 is 0.944 bits per heavy atom. The zero-order chi connectivity index (χ0) is 26.1. The van der Waals surface area contributed by atoms with Crippen molar-refractivity contribution < 1.29 is 28.9 Å². The summed E-state index contributed by atoms with van der Waals surface area (Å²) in [5, 5.41) is 28.0. The van der Waals surface area contributed by atoms with E-state index in [1.165, 1.54) is 61.9 Å². The number of amides is 2. The molecule has 0 spiro atoms. The highest BCUT2D eigenvalue weighted by Crippen LogP contribution is 2.27. The zero-order valence-electron chi connectivity index (χ0n) is 18.7. The highest BCUT2D eigenvalue weighted by atomic mass is 16.6. The molecule has 13 nitrogen and oxygen atoms in total. The predicted molar refractivity (Wildman–Crippen MR) is 128 cm³/mol. The molecule has 0 saturated heterocycles. The monoisotopic (exact) mass is 493 g/mol. The second-order valence-corrected chi connectivity index (χ2v) is 7.06. The number of benzene rings is 3. The molecular formula is C23H19N5O8. The number of anilines is 1. The van der Waals surface area contributed by atoms with Gasteiger partial charge in [-0.05, 0) is 35.9 Å². The van der Waals surface area contributed by atoms with Gasteiger partial charge in [0, 0.05) is 35.5 Å². The number of carbonyl (C=O) groups is 2. The molecule has 184 valence electrons. The SMILES string of the molecule is COc1cc(/C=N/NC(=O)c2cccc([N+](=O)[O-])c2)ccc1OCC(=O)Nc1cccc([N+](=O)[O-])c1. The van der Waals surface area contributed by atoms with E-state index in [1.807, 2.05) is 0 Å². The van der Waals surface area contributed by atoms with Gasteiger partial charge in [0.05, 0.1) is 23.2 Å². The Morgan fingerprint density at radius 3 is 2.33 bits per heavy atom. The molecule has 0 atom stereocenters. The fraction of sp³-hybridized carbons (Fsp3) is 0.0870. The van der Waals surface area contributed by atoms with E-state index in [1.54, 1.807) is 12.1 Å². The number of non-ortho nitro benzene ring substituents is 2. The van der Waals surface area contributed by atoms with E-state index in [4.69, 9.17) is 9.47 Å². The van der Waals surface area contributed by atoms with E-state index in [0.29, 0.717) is 5.56 Å². The molecule has 3 rings (SSSR count). The number of methoxy groups -OCH3 is 1. The van der Waals surface area contributed by atoms with Crippen molar-refractivity contribution in [1.82, 2.24) is 5.43 Å². The Kier molecular flexibility index (Phi) is 8.22. The molecule has 0 radical (unpaired) electrons. The lowest BCUT2D eigenvalue weighted by atomic mass is 10.2. The van der Waals surface area contributed by atoms with Gasteiger partial charge in [0.15, 0.2) is 18.1 Å². The van der Waals surface area contributed by atoms with Gasteiger partial charge < -0.3 is 14.8 Å². The lowest BCUT2D eigenvalue weighted by Crippen LogP contribution is -2.20. The topological polar surface area (TPSA) is 175 Å². The van der Waals surface area contributed by atoms with Crippen molar-refractivity contribution in [2.75, 3.05) is 19.0 Å². The summed E-state index contributed by atoms with van der Waals surface area (Å²) >= 11 is 0. The van der Waals surface area contributed by atoms with Crippen LogP contribution in [0.4, 0.5) is 17.1 Å². The third kappa shape index (κ3) is 6.84. The summed E-state index contributed by atoms with van der Waals surface area (Å²) in [6.07, 6.45) is 1.33.